The first-order chi connectivity index (χ1) is 15.3. The summed E-state index contributed by atoms with van der Waals surface area (Å²) in [5.74, 6) is 1.19. The van der Waals surface area contributed by atoms with Crippen molar-refractivity contribution in [2.75, 3.05) is 61.7 Å². The molecule has 2 aromatic rings. The van der Waals surface area contributed by atoms with Gasteiger partial charge in [-0.2, -0.15) is 9.97 Å². The molecule has 9 nitrogen and oxygen atoms in total. The van der Waals surface area contributed by atoms with Crippen LogP contribution in [0.4, 0.5) is 23.3 Å². The maximum Gasteiger partial charge on any atom is 0.244 e. The Morgan fingerprint density at radius 2 is 2.03 bits per heavy atom. The summed E-state index contributed by atoms with van der Waals surface area (Å²) < 4.78 is 6.27. The topological polar surface area (TPSA) is 105 Å². The molecule has 4 N–H and O–H groups in total. The van der Waals surface area contributed by atoms with Gasteiger partial charge in [-0.15, -0.1) is 0 Å². The lowest BCUT2D eigenvalue weighted by Gasteiger charge is -2.31. The minimum absolute atomic E-state index is 0.0239. The molecule has 3 heterocycles. The lowest BCUT2D eigenvalue weighted by molar-refractivity contribution is -0.910. The van der Waals surface area contributed by atoms with Gasteiger partial charge in [-0.1, -0.05) is 18.2 Å². The van der Waals surface area contributed by atoms with Crippen LogP contribution in [0.15, 0.2) is 24.3 Å². The Kier molecular flexibility index (Phi) is 6.48. The van der Waals surface area contributed by atoms with Crippen LogP contribution in [0.1, 0.15) is 30.9 Å². The van der Waals surface area contributed by atoms with Crippen molar-refractivity contribution in [1.82, 2.24) is 9.97 Å². The second-order valence-corrected chi connectivity index (χ2v) is 9.29. The zero-order chi connectivity index (χ0) is 22.7. The fraction of sp³-hybridized carbons (Fsp3) is 0.522. The van der Waals surface area contributed by atoms with Gasteiger partial charge in [0.2, 0.25) is 11.9 Å². The van der Waals surface area contributed by atoms with Crippen LogP contribution in [0.25, 0.3) is 0 Å². The minimum Gasteiger partial charge on any atom is -0.383 e. The van der Waals surface area contributed by atoms with Crippen molar-refractivity contribution in [3.8, 4) is 0 Å². The Morgan fingerprint density at radius 1 is 1.28 bits per heavy atom. The molecule has 32 heavy (non-hydrogen) atoms. The third-order valence-corrected chi connectivity index (χ3v) is 6.18. The largest absolute Gasteiger partial charge is 0.383 e. The number of benzene rings is 1. The van der Waals surface area contributed by atoms with Crippen LogP contribution >= 0.6 is 0 Å². The smallest absolute Gasteiger partial charge is 0.244 e. The highest BCUT2D eigenvalue weighted by atomic mass is 16.5. The highest BCUT2D eigenvalue weighted by Crippen LogP contribution is 2.34. The van der Waals surface area contributed by atoms with E-state index in [9.17, 15) is 4.79 Å². The highest BCUT2D eigenvalue weighted by molar-refractivity contribution is 6.03. The number of carbonyl (C=O) groups excluding carboxylic acids is 1. The minimum atomic E-state index is -0.118. The number of methoxy groups -OCH3 is 1. The number of nitrogens with two attached hydrogens (primary N) is 1. The Morgan fingerprint density at radius 3 is 2.78 bits per heavy atom. The van der Waals surface area contributed by atoms with Crippen molar-refractivity contribution in [3.63, 3.8) is 0 Å². The van der Waals surface area contributed by atoms with Crippen LogP contribution in [0.2, 0.25) is 0 Å². The average Bonchev–Trinajstić information content (AvgIpc) is 3.15. The number of hydrogen-bond donors (Lipinski definition) is 3. The first-order valence-electron chi connectivity index (χ1n) is 11.2. The molecule has 0 radical (unpaired) electrons. The number of aromatic nitrogens is 2. The number of quaternary nitrogens is 1. The summed E-state index contributed by atoms with van der Waals surface area (Å²) in [5, 5.41) is 6.04. The molecule has 0 spiro atoms. The number of hydrogen-bond acceptors (Lipinski definition) is 7. The van der Waals surface area contributed by atoms with Crippen LogP contribution in [-0.4, -0.2) is 66.8 Å². The second-order valence-electron chi connectivity index (χ2n) is 9.29. The molecule has 1 saturated heterocycles. The molecule has 0 bridgehead atoms. The van der Waals surface area contributed by atoms with Gasteiger partial charge < -0.3 is 30.5 Å². The molecule has 4 rings (SSSR count). The predicted molar refractivity (Wildman–Crippen MR) is 126 cm³/mol. The van der Waals surface area contributed by atoms with E-state index < -0.39 is 0 Å². The summed E-state index contributed by atoms with van der Waals surface area (Å²) >= 11 is 0. The summed E-state index contributed by atoms with van der Waals surface area (Å²) in [6, 6.07) is 8.67. The zero-order valence-corrected chi connectivity index (χ0v) is 19.2. The molecule has 1 aromatic carbocycles. The van der Waals surface area contributed by atoms with Crippen LogP contribution in [0.3, 0.4) is 0 Å². The lowest BCUT2D eigenvalue weighted by Crippen LogP contribution is -2.40. The normalized spacial score (nSPS) is 18.2. The Hall–Kier alpha value is -2.91. The molecule has 2 aliphatic heterocycles. The van der Waals surface area contributed by atoms with E-state index in [0.29, 0.717) is 30.6 Å². The Labute approximate surface area is 189 Å². The molecular weight excluding hydrogens is 406 g/mol. The van der Waals surface area contributed by atoms with E-state index in [1.54, 1.807) is 7.11 Å². The fourth-order valence-electron chi connectivity index (χ4n) is 4.69. The zero-order valence-electron chi connectivity index (χ0n) is 19.2. The SMILES string of the molecule is COCC(C)Nc1nc(N)c2c(n1)N(Cc1cccc(C[N+]3(C)CCCC3)c1)CC(=O)N2. The second kappa shape index (κ2) is 9.30. The summed E-state index contributed by atoms with van der Waals surface area (Å²) in [6.45, 7) is 6.79. The number of nitrogens with one attached hydrogen (secondary N) is 2. The number of ether oxygens (including phenoxy) is 1. The monoisotopic (exact) mass is 440 g/mol. The van der Waals surface area contributed by atoms with Crippen molar-refractivity contribution in [2.45, 2.75) is 38.9 Å². The van der Waals surface area contributed by atoms with Gasteiger partial charge in [0.1, 0.15) is 12.2 Å². The Balaban J connectivity index is 1.56. The first kappa shape index (κ1) is 22.3. The molecule has 0 saturated carbocycles. The molecule has 2 aliphatic rings. The number of fused-ring (bicyclic) bond motifs is 1. The number of amides is 1. The standard InChI is InChI=1S/C23H33N7O2/c1-16(15-32-3)25-23-27-21(24)20-22(28-23)29(13-19(31)26-20)12-17-7-6-8-18(11-17)14-30(2)9-4-5-10-30/h6-8,11,16H,4-5,9-10,12-15H2,1-3H3,(H3-,24,25,26,27,28,31)/p+1. The van der Waals surface area contributed by atoms with Crippen molar-refractivity contribution in [2.24, 2.45) is 0 Å². The lowest BCUT2D eigenvalue weighted by atomic mass is 10.1. The highest BCUT2D eigenvalue weighted by Gasteiger charge is 2.29. The van der Waals surface area contributed by atoms with Gasteiger partial charge in [-0.25, -0.2) is 0 Å². The van der Waals surface area contributed by atoms with E-state index in [2.05, 4.69) is 51.9 Å². The predicted octanol–water partition coefficient (Wildman–Crippen LogP) is 2.20. The third-order valence-electron chi connectivity index (χ3n) is 6.18. The number of carbonyl (C=O) groups is 1. The van der Waals surface area contributed by atoms with Gasteiger partial charge >= 0.3 is 0 Å². The summed E-state index contributed by atoms with van der Waals surface area (Å²) in [5.41, 5.74) is 9.12. The molecule has 9 heteroatoms. The maximum atomic E-state index is 12.4. The van der Waals surface area contributed by atoms with Gasteiger partial charge in [0, 0.05) is 38.1 Å². The quantitative estimate of drug-likeness (QED) is 0.541. The van der Waals surface area contributed by atoms with E-state index in [4.69, 9.17) is 10.5 Å². The summed E-state index contributed by atoms with van der Waals surface area (Å²) in [4.78, 5) is 23.3. The van der Waals surface area contributed by atoms with Crippen LogP contribution < -0.4 is 21.3 Å². The molecule has 1 amide bonds. The molecule has 1 aromatic heterocycles. The molecule has 172 valence electrons. The number of likely N-dealkylation sites (tertiary alicyclic amines) is 1. The van der Waals surface area contributed by atoms with E-state index in [0.717, 1.165) is 16.6 Å². The van der Waals surface area contributed by atoms with Gasteiger partial charge in [-0.3, -0.25) is 4.79 Å². The van der Waals surface area contributed by atoms with Crippen molar-refractivity contribution >= 4 is 29.2 Å². The van der Waals surface area contributed by atoms with E-state index in [1.807, 2.05) is 11.8 Å². The van der Waals surface area contributed by atoms with Gasteiger partial charge in [-0.05, 0) is 18.6 Å². The summed E-state index contributed by atoms with van der Waals surface area (Å²) in [6.07, 6.45) is 2.60. The average molecular weight is 441 g/mol. The van der Waals surface area contributed by atoms with Crippen molar-refractivity contribution in [3.05, 3.63) is 35.4 Å². The molecule has 1 fully saturated rings. The van der Waals surface area contributed by atoms with Gasteiger partial charge in [0.05, 0.1) is 33.3 Å². The molecule has 0 aliphatic carbocycles. The van der Waals surface area contributed by atoms with E-state index in [1.165, 1.54) is 31.5 Å². The third kappa shape index (κ3) is 5.11. The maximum absolute atomic E-state index is 12.4. The number of rotatable bonds is 8. The number of nitrogens with zero attached hydrogens (tertiary/aromatic N) is 4. The summed E-state index contributed by atoms with van der Waals surface area (Å²) in [7, 11) is 3.99. The van der Waals surface area contributed by atoms with Crippen molar-refractivity contribution < 1.29 is 14.0 Å². The first-order valence-corrected chi connectivity index (χ1v) is 11.2. The van der Waals surface area contributed by atoms with E-state index >= 15 is 0 Å². The number of nitrogen functional groups attached to an aromatic ring is 1. The molecular formula is C23H34N7O2+. The molecule has 1 atom stereocenters. The van der Waals surface area contributed by atoms with Crippen LogP contribution in [0.5, 0.6) is 0 Å². The van der Waals surface area contributed by atoms with Crippen LogP contribution in [0, 0.1) is 0 Å². The molecule has 1 unspecified atom stereocenters. The van der Waals surface area contributed by atoms with Gasteiger partial charge in [0.25, 0.3) is 0 Å². The van der Waals surface area contributed by atoms with Crippen molar-refractivity contribution in [1.29, 1.82) is 0 Å². The number of anilines is 4. The fourth-order valence-corrected chi connectivity index (χ4v) is 4.69. The van der Waals surface area contributed by atoms with E-state index in [-0.39, 0.29) is 24.3 Å². The van der Waals surface area contributed by atoms with Crippen LogP contribution in [-0.2, 0) is 22.6 Å². The Bertz CT molecular complexity index is 975. The van der Waals surface area contributed by atoms with Gasteiger partial charge in [0.15, 0.2) is 11.6 Å².